The minimum Gasteiger partial charge on any atom is -0.464 e. The highest BCUT2D eigenvalue weighted by Gasteiger charge is 2.45. The van der Waals surface area contributed by atoms with Crippen molar-refractivity contribution in [3.8, 4) is 0 Å². The van der Waals surface area contributed by atoms with Crippen molar-refractivity contribution in [1.82, 2.24) is 5.32 Å². The highest BCUT2D eigenvalue weighted by Crippen LogP contribution is 2.42. The van der Waals surface area contributed by atoms with Crippen molar-refractivity contribution >= 4 is 5.97 Å². The lowest BCUT2D eigenvalue weighted by atomic mass is 9.72. The molecule has 1 aliphatic rings. The van der Waals surface area contributed by atoms with Crippen LogP contribution in [0.25, 0.3) is 0 Å². The van der Waals surface area contributed by atoms with Crippen LogP contribution in [0.1, 0.15) is 57.6 Å². The van der Waals surface area contributed by atoms with E-state index in [1.165, 1.54) is 5.56 Å². The Morgan fingerprint density at radius 3 is 2.81 bits per heavy atom. The van der Waals surface area contributed by atoms with E-state index in [2.05, 4.69) is 44.3 Å². The van der Waals surface area contributed by atoms with Crippen LogP contribution in [0.15, 0.2) is 24.3 Å². The number of ether oxygens (including phenoxy) is 1. The van der Waals surface area contributed by atoms with Gasteiger partial charge in [-0.25, -0.2) is 4.79 Å². The number of hydrogen-bond donors (Lipinski definition) is 1. The Morgan fingerprint density at radius 1 is 1.43 bits per heavy atom. The third-order valence-electron chi connectivity index (χ3n) is 4.34. The van der Waals surface area contributed by atoms with E-state index in [1.54, 1.807) is 0 Å². The van der Waals surface area contributed by atoms with Crippen LogP contribution >= 0.6 is 0 Å². The van der Waals surface area contributed by atoms with Crippen molar-refractivity contribution in [3.05, 3.63) is 35.4 Å². The van der Waals surface area contributed by atoms with Gasteiger partial charge in [0.25, 0.3) is 0 Å². The second-order valence-electron chi connectivity index (χ2n) is 6.43. The smallest absolute Gasteiger partial charge is 0.331 e. The summed E-state index contributed by atoms with van der Waals surface area (Å²) >= 11 is 0. The number of fused-ring (bicyclic) bond motifs is 1. The van der Waals surface area contributed by atoms with E-state index in [-0.39, 0.29) is 5.97 Å². The van der Waals surface area contributed by atoms with Crippen molar-refractivity contribution in [1.29, 1.82) is 0 Å². The number of benzene rings is 1. The van der Waals surface area contributed by atoms with Crippen LogP contribution in [0.2, 0.25) is 0 Å². The average Bonchev–Trinajstić information content (AvgIpc) is 2.47. The maximum atomic E-state index is 12.7. The van der Waals surface area contributed by atoms with Crippen LogP contribution in [0.3, 0.4) is 0 Å². The molecule has 21 heavy (non-hydrogen) atoms. The van der Waals surface area contributed by atoms with Gasteiger partial charge in [0.15, 0.2) is 0 Å². The Morgan fingerprint density at radius 2 is 2.14 bits per heavy atom. The molecule has 3 heteroatoms. The zero-order valence-corrected chi connectivity index (χ0v) is 13.6. The van der Waals surface area contributed by atoms with Gasteiger partial charge in [0.05, 0.1) is 6.61 Å². The number of carbonyl (C=O) groups excluding carboxylic acids is 1. The quantitative estimate of drug-likeness (QED) is 0.842. The van der Waals surface area contributed by atoms with Crippen LogP contribution in [0.4, 0.5) is 0 Å². The van der Waals surface area contributed by atoms with Crippen molar-refractivity contribution in [2.45, 2.75) is 52.0 Å². The molecule has 1 N–H and O–H groups in total. The normalized spacial score (nSPS) is 24.7. The van der Waals surface area contributed by atoms with Gasteiger partial charge in [0, 0.05) is 0 Å². The molecule has 116 valence electrons. The lowest BCUT2D eigenvalue weighted by Gasteiger charge is -2.40. The summed E-state index contributed by atoms with van der Waals surface area (Å²) < 4.78 is 5.41. The number of carbonyl (C=O) groups is 1. The fraction of sp³-hybridized carbons (Fsp3) is 0.611. The molecule has 0 saturated heterocycles. The van der Waals surface area contributed by atoms with Crippen molar-refractivity contribution in [2.75, 3.05) is 13.2 Å². The van der Waals surface area contributed by atoms with E-state index in [9.17, 15) is 4.79 Å². The molecular weight excluding hydrogens is 262 g/mol. The van der Waals surface area contributed by atoms with Crippen molar-refractivity contribution in [2.24, 2.45) is 5.92 Å². The Bertz CT molecular complexity index is 498. The molecule has 0 heterocycles. The Balaban J connectivity index is 2.45. The Hall–Kier alpha value is -1.35. The van der Waals surface area contributed by atoms with Crippen LogP contribution in [0, 0.1) is 5.92 Å². The first kappa shape index (κ1) is 16.0. The summed E-state index contributed by atoms with van der Waals surface area (Å²) in [6, 6.07) is 8.29. The zero-order valence-electron chi connectivity index (χ0n) is 13.6. The highest BCUT2D eigenvalue weighted by molar-refractivity contribution is 5.83. The number of rotatable bonds is 5. The van der Waals surface area contributed by atoms with Gasteiger partial charge in [0.1, 0.15) is 5.54 Å². The molecule has 3 nitrogen and oxygen atoms in total. The second-order valence-corrected chi connectivity index (χ2v) is 6.43. The van der Waals surface area contributed by atoms with Gasteiger partial charge in [-0.15, -0.1) is 0 Å². The van der Waals surface area contributed by atoms with Gasteiger partial charge in [-0.05, 0) is 49.3 Å². The SMILES string of the molecule is CCOC(=O)C1(NCC(C)C)CCC(C)c2ccccc21. The molecule has 0 saturated carbocycles. The van der Waals surface area contributed by atoms with Gasteiger partial charge in [-0.2, -0.15) is 0 Å². The minimum absolute atomic E-state index is 0.134. The summed E-state index contributed by atoms with van der Waals surface area (Å²) in [6.45, 7) is 9.64. The molecule has 1 aromatic rings. The molecule has 0 spiro atoms. The van der Waals surface area contributed by atoms with Crippen LogP contribution in [-0.4, -0.2) is 19.1 Å². The molecule has 2 rings (SSSR count). The predicted molar refractivity (Wildman–Crippen MR) is 85.2 cm³/mol. The number of hydrogen-bond acceptors (Lipinski definition) is 3. The molecule has 1 aliphatic carbocycles. The first-order valence-electron chi connectivity index (χ1n) is 8.03. The lowest BCUT2D eigenvalue weighted by molar-refractivity contribution is -0.152. The van der Waals surface area contributed by atoms with E-state index >= 15 is 0 Å². The minimum atomic E-state index is -0.677. The lowest BCUT2D eigenvalue weighted by Crippen LogP contribution is -2.53. The summed E-state index contributed by atoms with van der Waals surface area (Å²) in [4.78, 5) is 12.7. The topological polar surface area (TPSA) is 38.3 Å². The zero-order chi connectivity index (χ0) is 15.5. The molecule has 1 aromatic carbocycles. The van der Waals surface area contributed by atoms with Crippen molar-refractivity contribution < 1.29 is 9.53 Å². The van der Waals surface area contributed by atoms with Crippen LogP contribution in [-0.2, 0) is 15.1 Å². The molecule has 0 aromatic heterocycles. The van der Waals surface area contributed by atoms with E-state index in [0.717, 1.165) is 24.9 Å². The maximum Gasteiger partial charge on any atom is 0.331 e. The van der Waals surface area contributed by atoms with Gasteiger partial charge in [-0.1, -0.05) is 45.0 Å². The summed E-state index contributed by atoms with van der Waals surface area (Å²) in [6.07, 6.45) is 1.80. The summed E-state index contributed by atoms with van der Waals surface area (Å²) in [5.41, 5.74) is 1.69. The van der Waals surface area contributed by atoms with Gasteiger partial charge in [0.2, 0.25) is 0 Å². The third kappa shape index (κ3) is 3.13. The standard InChI is InChI=1S/C18H27NO2/c1-5-21-17(20)18(19-12-13(2)3)11-10-14(4)15-8-6-7-9-16(15)18/h6-9,13-14,19H,5,10-12H2,1-4H3. The summed E-state index contributed by atoms with van der Waals surface area (Å²) in [7, 11) is 0. The van der Waals surface area contributed by atoms with Crippen LogP contribution < -0.4 is 5.32 Å². The Labute approximate surface area is 128 Å². The van der Waals surface area contributed by atoms with Crippen LogP contribution in [0.5, 0.6) is 0 Å². The molecule has 0 radical (unpaired) electrons. The first-order chi connectivity index (χ1) is 10.0. The molecule has 0 bridgehead atoms. The first-order valence-corrected chi connectivity index (χ1v) is 8.03. The largest absolute Gasteiger partial charge is 0.464 e. The van der Waals surface area contributed by atoms with Crippen molar-refractivity contribution in [3.63, 3.8) is 0 Å². The van der Waals surface area contributed by atoms with E-state index < -0.39 is 5.54 Å². The molecular formula is C18H27NO2. The average molecular weight is 289 g/mol. The number of esters is 1. The number of nitrogens with one attached hydrogen (secondary N) is 1. The molecule has 2 atom stereocenters. The Kier molecular flexibility index (Phi) is 5.04. The molecule has 0 fully saturated rings. The van der Waals surface area contributed by atoms with Gasteiger partial charge in [-0.3, -0.25) is 5.32 Å². The molecule has 0 aliphatic heterocycles. The predicted octanol–water partition coefficient (Wildman–Crippen LogP) is 3.59. The maximum absolute atomic E-state index is 12.7. The summed E-state index contributed by atoms with van der Waals surface area (Å²) in [5, 5.41) is 3.52. The highest BCUT2D eigenvalue weighted by atomic mass is 16.5. The van der Waals surface area contributed by atoms with E-state index in [4.69, 9.17) is 4.74 Å². The van der Waals surface area contributed by atoms with E-state index in [1.807, 2.05) is 13.0 Å². The summed E-state index contributed by atoms with van der Waals surface area (Å²) in [5.74, 6) is 0.845. The van der Waals surface area contributed by atoms with Gasteiger partial charge < -0.3 is 4.74 Å². The fourth-order valence-electron chi connectivity index (χ4n) is 3.14. The second kappa shape index (κ2) is 6.61. The van der Waals surface area contributed by atoms with E-state index in [0.29, 0.717) is 18.4 Å². The monoisotopic (exact) mass is 289 g/mol. The molecule has 0 amide bonds. The fourth-order valence-corrected chi connectivity index (χ4v) is 3.14. The molecule has 2 unspecified atom stereocenters. The third-order valence-corrected chi connectivity index (χ3v) is 4.34. The van der Waals surface area contributed by atoms with Gasteiger partial charge >= 0.3 is 5.97 Å².